The molecule has 2 amide bonds. The number of anilines is 1. The normalized spacial score (nSPS) is 9.80. The highest BCUT2D eigenvalue weighted by Crippen LogP contribution is 2.32. The summed E-state index contributed by atoms with van der Waals surface area (Å²) in [5.41, 5.74) is 5.40. The quantitative estimate of drug-likeness (QED) is 0.839. The maximum absolute atomic E-state index is 11.0. The Hall–Kier alpha value is -1.26. The standard InChI is InChI=1S/C9H8Cl2N2O2/c1-4(14)13-8-6(10)3-2-5(7(8)11)9(12)15/h2-3H,1H3,(H2,12,15)(H,13,14). The molecule has 3 N–H and O–H groups in total. The fraction of sp³-hybridized carbons (Fsp3) is 0.111. The molecule has 1 aromatic carbocycles. The summed E-state index contributed by atoms with van der Waals surface area (Å²) >= 11 is 11.7. The predicted molar refractivity (Wildman–Crippen MR) is 59.3 cm³/mol. The first-order valence-corrected chi connectivity index (χ1v) is 4.74. The molecule has 0 saturated heterocycles. The maximum atomic E-state index is 11.0. The van der Waals surface area contributed by atoms with Gasteiger partial charge in [0.2, 0.25) is 11.8 Å². The van der Waals surface area contributed by atoms with Crippen molar-refractivity contribution in [2.45, 2.75) is 6.92 Å². The number of carbonyl (C=O) groups excluding carboxylic acids is 2. The second-order valence-electron chi connectivity index (χ2n) is 2.83. The topological polar surface area (TPSA) is 72.2 Å². The van der Waals surface area contributed by atoms with Crippen molar-refractivity contribution in [1.82, 2.24) is 0 Å². The summed E-state index contributed by atoms with van der Waals surface area (Å²) < 4.78 is 0. The zero-order valence-corrected chi connectivity index (χ0v) is 9.32. The van der Waals surface area contributed by atoms with Crippen LogP contribution < -0.4 is 11.1 Å². The molecule has 0 aliphatic heterocycles. The SMILES string of the molecule is CC(=O)Nc1c(Cl)ccc(C(N)=O)c1Cl. The molecule has 0 saturated carbocycles. The van der Waals surface area contributed by atoms with Gasteiger partial charge in [-0.05, 0) is 12.1 Å². The molecule has 4 nitrogen and oxygen atoms in total. The molecule has 0 aliphatic rings. The molecule has 0 unspecified atom stereocenters. The molecule has 0 aromatic heterocycles. The number of carbonyl (C=O) groups is 2. The molecule has 6 heteroatoms. The van der Waals surface area contributed by atoms with Gasteiger partial charge in [-0.2, -0.15) is 0 Å². The summed E-state index contributed by atoms with van der Waals surface area (Å²) in [5, 5.41) is 2.72. The predicted octanol–water partition coefficient (Wildman–Crippen LogP) is 2.05. The average molecular weight is 247 g/mol. The summed E-state index contributed by atoms with van der Waals surface area (Å²) in [7, 11) is 0. The minimum Gasteiger partial charge on any atom is -0.366 e. The zero-order chi connectivity index (χ0) is 11.6. The van der Waals surface area contributed by atoms with E-state index in [1.54, 1.807) is 0 Å². The minimum absolute atomic E-state index is 0.0465. The summed E-state index contributed by atoms with van der Waals surface area (Å²) in [6.07, 6.45) is 0. The van der Waals surface area contributed by atoms with Crippen molar-refractivity contribution in [3.63, 3.8) is 0 Å². The second-order valence-corrected chi connectivity index (χ2v) is 3.61. The van der Waals surface area contributed by atoms with Crippen LogP contribution >= 0.6 is 23.2 Å². The van der Waals surface area contributed by atoms with E-state index in [0.29, 0.717) is 0 Å². The van der Waals surface area contributed by atoms with E-state index in [2.05, 4.69) is 5.32 Å². The fourth-order valence-electron chi connectivity index (χ4n) is 1.03. The molecule has 0 heterocycles. The third-order valence-electron chi connectivity index (χ3n) is 1.66. The highest BCUT2D eigenvalue weighted by atomic mass is 35.5. The lowest BCUT2D eigenvalue weighted by molar-refractivity contribution is -0.114. The Morgan fingerprint density at radius 3 is 2.40 bits per heavy atom. The Kier molecular flexibility index (Phi) is 3.55. The lowest BCUT2D eigenvalue weighted by Crippen LogP contribution is -2.14. The van der Waals surface area contributed by atoms with Crippen LogP contribution in [0.5, 0.6) is 0 Å². The maximum Gasteiger partial charge on any atom is 0.250 e. The van der Waals surface area contributed by atoms with Crippen LogP contribution in [-0.2, 0) is 4.79 Å². The van der Waals surface area contributed by atoms with Crippen molar-refractivity contribution in [3.8, 4) is 0 Å². The number of nitrogens with one attached hydrogen (secondary N) is 1. The Labute approximate surface area is 96.3 Å². The van der Waals surface area contributed by atoms with Crippen LogP contribution in [0, 0.1) is 0 Å². The van der Waals surface area contributed by atoms with E-state index in [1.807, 2.05) is 0 Å². The van der Waals surface area contributed by atoms with Crippen LogP contribution in [0.2, 0.25) is 10.0 Å². The van der Waals surface area contributed by atoms with Crippen molar-refractivity contribution in [2.75, 3.05) is 5.32 Å². The summed E-state index contributed by atoms with van der Waals surface area (Å²) in [6.45, 7) is 1.31. The first-order chi connectivity index (χ1) is 6.93. The van der Waals surface area contributed by atoms with Gasteiger partial charge in [0.15, 0.2) is 0 Å². The molecule has 1 rings (SSSR count). The molecule has 0 aliphatic carbocycles. The van der Waals surface area contributed by atoms with Gasteiger partial charge in [-0.3, -0.25) is 9.59 Å². The molecule has 0 atom stereocenters. The third-order valence-corrected chi connectivity index (χ3v) is 2.37. The van der Waals surface area contributed by atoms with E-state index in [-0.39, 0.29) is 27.2 Å². The Morgan fingerprint density at radius 2 is 1.93 bits per heavy atom. The molecule has 1 aromatic rings. The largest absolute Gasteiger partial charge is 0.366 e. The summed E-state index contributed by atoms with van der Waals surface area (Å²) in [6, 6.07) is 2.84. The minimum atomic E-state index is -0.678. The van der Waals surface area contributed by atoms with Gasteiger partial charge in [0, 0.05) is 6.92 Å². The number of rotatable bonds is 2. The molecule has 80 valence electrons. The monoisotopic (exact) mass is 246 g/mol. The summed E-state index contributed by atoms with van der Waals surface area (Å²) in [5.74, 6) is -1.01. The van der Waals surface area contributed by atoms with Gasteiger partial charge >= 0.3 is 0 Å². The van der Waals surface area contributed by atoms with E-state index < -0.39 is 5.91 Å². The van der Waals surface area contributed by atoms with Crippen molar-refractivity contribution in [3.05, 3.63) is 27.7 Å². The molecule has 0 fully saturated rings. The smallest absolute Gasteiger partial charge is 0.250 e. The van der Waals surface area contributed by atoms with Gasteiger partial charge < -0.3 is 11.1 Å². The zero-order valence-electron chi connectivity index (χ0n) is 7.80. The molecule has 0 spiro atoms. The van der Waals surface area contributed by atoms with Gasteiger partial charge in [-0.25, -0.2) is 0 Å². The first-order valence-electron chi connectivity index (χ1n) is 3.99. The van der Waals surface area contributed by atoms with Crippen molar-refractivity contribution in [2.24, 2.45) is 5.73 Å². The van der Waals surface area contributed by atoms with Gasteiger partial charge in [-0.1, -0.05) is 23.2 Å². The molecular formula is C9H8Cl2N2O2. The molecular weight excluding hydrogens is 239 g/mol. The lowest BCUT2D eigenvalue weighted by atomic mass is 10.2. The Morgan fingerprint density at radius 1 is 1.33 bits per heavy atom. The summed E-state index contributed by atoms with van der Waals surface area (Å²) in [4.78, 5) is 21.8. The Balaban J connectivity index is 3.29. The van der Waals surface area contributed by atoms with E-state index in [9.17, 15) is 9.59 Å². The number of hydrogen-bond donors (Lipinski definition) is 2. The van der Waals surface area contributed by atoms with Gasteiger partial charge in [0.25, 0.3) is 0 Å². The number of amides is 2. The van der Waals surface area contributed by atoms with E-state index in [1.165, 1.54) is 19.1 Å². The van der Waals surface area contributed by atoms with Gasteiger partial charge in [-0.15, -0.1) is 0 Å². The van der Waals surface area contributed by atoms with Crippen LogP contribution in [-0.4, -0.2) is 11.8 Å². The van der Waals surface area contributed by atoms with Crippen LogP contribution in [0.3, 0.4) is 0 Å². The fourth-order valence-corrected chi connectivity index (χ4v) is 1.59. The molecule has 15 heavy (non-hydrogen) atoms. The molecule has 0 bridgehead atoms. The second kappa shape index (κ2) is 4.51. The number of primary amides is 1. The van der Waals surface area contributed by atoms with Gasteiger partial charge in [0.1, 0.15) is 0 Å². The molecule has 0 radical (unpaired) electrons. The number of nitrogens with two attached hydrogens (primary N) is 1. The number of benzene rings is 1. The Bertz CT molecular complexity index is 432. The highest BCUT2D eigenvalue weighted by molar-refractivity contribution is 6.41. The van der Waals surface area contributed by atoms with Crippen LogP contribution in [0.15, 0.2) is 12.1 Å². The van der Waals surface area contributed by atoms with E-state index in [0.717, 1.165) is 0 Å². The van der Waals surface area contributed by atoms with E-state index >= 15 is 0 Å². The van der Waals surface area contributed by atoms with Crippen molar-refractivity contribution >= 4 is 40.7 Å². The van der Waals surface area contributed by atoms with Crippen molar-refractivity contribution < 1.29 is 9.59 Å². The van der Waals surface area contributed by atoms with Crippen LogP contribution in [0.1, 0.15) is 17.3 Å². The number of hydrogen-bond acceptors (Lipinski definition) is 2. The van der Waals surface area contributed by atoms with Crippen molar-refractivity contribution in [1.29, 1.82) is 0 Å². The van der Waals surface area contributed by atoms with Crippen LogP contribution in [0.4, 0.5) is 5.69 Å². The lowest BCUT2D eigenvalue weighted by Gasteiger charge is -2.09. The highest BCUT2D eigenvalue weighted by Gasteiger charge is 2.14. The first kappa shape index (κ1) is 11.8. The third kappa shape index (κ3) is 2.61. The van der Waals surface area contributed by atoms with E-state index in [4.69, 9.17) is 28.9 Å². The van der Waals surface area contributed by atoms with Crippen LogP contribution in [0.25, 0.3) is 0 Å². The van der Waals surface area contributed by atoms with Gasteiger partial charge in [0.05, 0.1) is 21.3 Å². The average Bonchev–Trinajstić information content (AvgIpc) is 2.11. The number of halogens is 2.